The minimum atomic E-state index is 0.271. The highest BCUT2D eigenvalue weighted by atomic mass is 35.5. The molecular formula is C11H8ClNO2. The third-order valence-corrected chi connectivity index (χ3v) is 2.61. The van der Waals surface area contributed by atoms with Gasteiger partial charge in [-0.05, 0) is 24.6 Å². The first kappa shape index (κ1) is 9.93. The Bertz CT molecular complexity index is 557. The number of H-pyrrole nitrogens is 1. The highest BCUT2D eigenvalue weighted by Crippen LogP contribution is 2.28. The summed E-state index contributed by atoms with van der Waals surface area (Å²) in [7, 11) is 0. The monoisotopic (exact) mass is 221 g/mol. The Kier molecular flexibility index (Phi) is 2.32. The molecule has 0 aliphatic heterocycles. The summed E-state index contributed by atoms with van der Waals surface area (Å²) < 4.78 is 0. The Balaban J connectivity index is 2.94. The Labute approximate surface area is 91.0 Å². The van der Waals surface area contributed by atoms with E-state index < -0.39 is 0 Å². The number of hydrogen-bond acceptors (Lipinski definition) is 2. The number of hydrogen-bond donors (Lipinski definition) is 1. The van der Waals surface area contributed by atoms with Gasteiger partial charge in [-0.3, -0.25) is 9.59 Å². The summed E-state index contributed by atoms with van der Waals surface area (Å²) in [6, 6.07) is 3.61. The molecule has 76 valence electrons. The zero-order valence-corrected chi connectivity index (χ0v) is 8.76. The van der Waals surface area contributed by atoms with E-state index in [4.69, 9.17) is 11.6 Å². The van der Waals surface area contributed by atoms with Gasteiger partial charge in [-0.25, -0.2) is 0 Å². The van der Waals surface area contributed by atoms with Crippen molar-refractivity contribution in [2.24, 2.45) is 0 Å². The van der Waals surface area contributed by atoms with Gasteiger partial charge in [0.1, 0.15) is 0 Å². The number of aldehydes is 2. The molecule has 0 saturated heterocycles. The summed E-state index contributed by atoms with van der Waals surface area (Å²) in [4.78, 5) is 24.4. The molecule has 0 amide bonds. The van der Waals surface area contributed by atoms with E-state index in [1.807, 2.05) is 13.0 Å². The van der Waals surface area contributed by atoms with Crippen LogP contribution in [-0.4, -0.2) is 17.6 Å². The molecule has 0 bridgehead atoms. The molecule has 0 spiro atoms. The molecule has 0 fully saturated rings. The maximum atomic E-state index is 10.9. The first-order valence-corrected chi connectivity index (χ1v) is 4.77. The van der Waals surface area contributed by atoms with E-state index >= 15 is 0 Å². The van der Waals surface area contributed by atoms with Crippen LogP contribution >= 0.6 is 11.6 Å². The topological polar surface area (TPSA) is 49.9 Å². The lowest BCUT2D eigenvalue weighted by Gasteiger charge is -1.97. The summed E-state index contributed by atoms with van der Waals surface area (Å²) in [6.07, 6.45) is 1.29. The molecular weight excluding hydrogens is 214 g/mol. The van der Waals surface area contributed by atoms with Gasteiger partial charge < -0.3 is 4.98 Å². The minimum absolute atomic E-state index is 0.271. The predicted octanol–water partition coefficient (Wildman–Crippen LogP) is 2.75. The van der Waals surface area contributed by atoms with Gasteiger partial charge in [0.05, 0.1) is 21.8 Å². The van der Waals surface area contributed by atoms with Crippen molar-refractivity contribution in [2.45, 2.75) is 6.92 Å². The summed E-state index contributed by atoms with van der Waals surface area (Å²) in [5.74, 6) is 0. The Hall–Kier alpha value is -1.61. The van der Waals surface area contributed by atoms with Crippen LogP contribution in [0, 0.1) is 6.92 Å². The smallest absolute Gasteiger partial charge is 0.167 e. The van der Waals surface area contributed by atoms with Crippen LogP contribution in [0.2, 0.25) is 5.02 Å². The first-order valence-electron chi connectivity index (χ1n) is 4.39. The van der Waals surface area contributed by atoms with Gasteiger partial charge in [0.2, 0.25) is 0 Å². The summed E-state index contributed by atoms with van der Waals surface area (Å²) >= 11 is 6.00. The van der Waals surface area contributed by atoms with E-state index in [0.29, 0.717) is 34.1 Å². The van der Waals surface area contributed by atoms with Crippen molar-refractivity contribution in [3.63, 3.8) is 0 Å². The fourth-order valence-corrected chi connectivity index (χ4v) is 1.97. The van der Waals surface area contributed by atoms with Crippen LogP contribution in [0.25, 0.3) is 10.9 Å². The SMILES string of the molecule is Cc1cc(Cl)c2[nH]c(C=O)c(C=O)c2c1. The fraction of sp³-hybridized carbons (Fsp3) is 0.0909. The Morgan fingerprint density at radius 2 is 2.00 bits per heavy atom. The molecule has 1 aromatic carbocycles. The molecule has 0 aliphatic rings. The molecule has 1 heterocycles. The highest BCUT2D eigenvalue weighted by Gasteiger charge is 2.12. The lowest BCUT2D eigenvalue weighted by molar-refractivity contribution is 0.109. The quantitative estimate of drug-likeness (QED) is 0.793. The third-order valence-electron chi connectivity index (χ3n) is 2.31. The summed E-state index contributed by atoms with van der Waals surface area (Å²) in [6.45, 7) is 1.88. The number of nitrogens with one attached hydrogen (secondary N) is 1. The average molecular weight is 222 g/mol. The minimum Gasteiger partial charge on any atom is -0.351 e. The molecule has 0 saturated carbocycles. The lowest BCUT2D eigenvalue weighted by Crippen LogP contribution is -1.85. The number of benzene rings is 1. The van der Waals surface area contributed by atoms with Gasteiger partial charge >= 0.3 is 0 Å². The van der Waals surface area contributed by atoms with Crippen LogP contribution in [-0.2, 0) is 0 Å². The van der Waals surface area contributed by atoms with E-state index in [0.717, 1.165) is 5.56 Å². The van der Waals surface area contributed by atoms with Crippen molar-refractivity contribution in [3.8, 4) is 0 Å². The number of rotatable bonds is 2. The standard InChI is InChI=1S/C11H8ClNO2/c1-6-2-7-8(4-14)10(5-15)13-11(7)9(12)3-6/h2-5,13H,1H3. The zero-order valence-electron chi connectivity index (χ0n) is 8.00. The van der Waals surface area contributed by atoms with Gasteiger partial charge in [-0.2, -0.15) is 0 Å². The van der Waals surface area contributed by atoms with Crippen LogP contribution in [0.15, 0.2) is 12.1 Å². The second-order valence-electron chi connectivity index (χ2n) is 3.36. The van der Waals surface area contributed by atoms with Crippen molar-refractivity contribution in [1.29, 1.82) is 0 Å². The van der Waals surface area contributed by atoms with Crippen LogP contribution in [0.1, 0.15) is 26.4 Å². The van der Waals surface area contributed by atoms with Crippen molar-refractivity contribution >= 4 is 35.1 Å². The molecule has 15 heavy (non-hydrogen) atoms. The number of fused-ring (bicyclic) bond motifs is 1. The second kappa shape index (κ2) is 3.51. The summed E-state index contributed by atoms with van der Waals surface area (Å²) in [5, 5.41) is 1.21. The number of carbonyl (C=O) groups excluding carboxylic acids is 2. The fourth-order valence-electron chi connectivity index (χ4n) is 1.65. The molecule has 2 rings (SSSR count). The largest absolute Gasteiger partial charge is 0.351 e. The van der Waals surface area contributed by atoms with Crippen LogP contribution in [0.5, 0.6) is 0 Å². The lowest BCUT2D eigenvalue weighted by atomic mass is 10.1. The predicted molar refractivity (Wildman–Crippen MR) is 58.8 cm³/mol. The number of aromatic amines is 1. The van der Waals surface area contributed by atoms with Gasteiger partial charge in [-0.15, -0.1) is 0 Å². The van der Waals surface area contributed by atoms with E-state index in [-0.39, 0.29) is 5.69 Å². The molecule has 2 aromatic rings. The Morgan fingerprint density at radius 3 is 2.60 bits per heavy atom. The average Bonchev–Trinajstić information content (AvgIpc) is 2.55. The molecule has 1 N–H and O–H groups in total. The van der Waals surface area contributed by atoms with Gasteiger partial charge in [0.25, 0.3) is 0 Å². The van der Waals surface area contributed by atoms with Crippen molar-refractivity contribution < 1.29 is 9.59 Å². The van der Waals surface area contributed by atoms with Crippen LogP contribution in [0.3, 0.4) is 0 Å². The van der Waals surface area contributed by atoms with E-state index in [9.17, 15) is 9.59 Å². The molecule has 1 aromatic heterocycles. The molecule has 3 nitrogen and oxygen atoms in total. The maximum Gasteiger partial charge on any atom is 0.167 e. The first-order chi connectivity index (χ1) is 7.17. The molecule has 0 atom stereocenters. The number of aryl methyl sites for hydroxylation is 1. The van der Waals surface area contributed by atoms with E-state index in [2.05, 4.69) is 4.98 Å². The van der Waals surface area contributed by atoms with E-state index in [1.54, 1.807) is 6.07 Å². The normalized spacial score (nSPS) is 10.5. The highest BCUT2D eigenvalue weighted by molar-refractivity contribution is 6.35. The molecule has 4 heteroatoms. The van der Waals surface area contributed by atoms with Gasteiger partial charge in [-0.1, -0.05) is 11.6 Å². The zero-order chi connectivity index (χ0) is 11.0. The summed E-state index contributed by atoms with van der Waals surface area (Å²) in [5.41, 5.74) is 2.22. The van der Waals surface area contributed by atoms with Gasteiger partial charge in [0.15, 0.2) is 12.6 Å². The Morgan fingerprint density at radius 1 is 1.27 bits per heavy atom. The molecule has 0 radical (unpaired) electrons. The third kappa shape index (κ3) is 1.45. The maximum absolute atomic E-state index is 10.9. The number of halogens is 1. The second-order valence-corrected chi connectivity index (χ2v) is 3.76. The van der Waals surface area contributed by atoms with Gasteiger partial charge in [0, 0.05) is 5.39 Å². The number of aromatic nitrogens is 1. The van der Waals surface area contributed by atoms with Crippen molar-refractivity contribution in [2.75, 3.05) is 0 Å². The molecule has 0 aliphatic carbocycles. The van der Waals surface area contributed by atoms with E-state index in [1.165, 1.54) is 0 Å². The van der Waals surface area contributed by atoms with Crippen molar-refractivity contribution in [1.82, 2.24) is 4.98 Å². The van der Waals surface area contributed by atoms with Crippen LogP contribution < -0.4 is 0 Å². The molecule has 0 unspecified atom stereocenters. The number of carbonyl (C=O) groups is 2. The van der Waals surface area contributed by atoms with Crippen molar-refractivity contribution in [3.05, 3.63) is 34.0 Å². The van der Waals surface area contributed by atoms with Crippen LogP contribution in [0.4, 0.5) is 0 Å².